The second kappa shape index (κ2) is 8.13. The lowest BCUT2D eigenvalue weighted by molar-refractivity contribution is 0.0943. The number of aromatic nitrogens is 2. The van der Waals surface area contributed by atoms with Crippen LogP contribution in [0.4, 0.5) is 0 Å². The van der Waals surface area contributed by atoms with Gasteiger partial charge in [-0.3, -0.25) is 9.48 Å². The molecule has 4 rings (SSSR count). The van der Waals surface area contributed by atoms with Crippen LogP contribution in [0.1, 0.15) is 48.0 Å². The Hall–Kier alpha value is -2.33. The average Bonchev–Trinajstić information content (AvgIpc) is 3.09. The molecule has 1 fully saturated rings. The number of carbonyl (C=O) groups excluding carboxylic acids is 1. The van der Waals surface area contributed by atoms with Crippen molar-refractivity contribution in [2.24, 2.45) is 5.92 Å². The lowest BCUT2D eigenvalue weighted by Crippen LogP contribution is -2.30. The minimum Gasteiger partial charge on any atom is -0.352 e. The van der Waals surface area contributed by atoms with Crippen LogP contribution in [0.2, 0.25) is 5.02 Å². The molecule has 140 valence electrons. The van der Waals surface area contributed by atoms with Crippen molar-refractivity contribution in [1.82, 2.24) is 15.1 Å². The van der Waals surface area contributed by atoms with Crippen molar-refractivity contribution in [3.05, 3.63) is 64.8 Å². The van der Waals surface area contributed by atoms with E-state index in [9.17, 15) is 4.79 Å². The highest BCUT2D eigenvalue weighted by atomic mass is 35.5. The standard InChI is InChI=1S/C22H24ClN3O/c23-20-8-4-7-17(11-20)15-26-21-12-18(9-10-19(21)14-25-26)22(27)24-13-16-5-2-1-3-6-16/h4,7-12,14,16H,1-3,5-6,13,15H2,(H,24,27). The zero-order chi connectivity index (χ0) is 18.6. The van der Waals surface area contributed by atoms with Gasteiger partial charge in [0.2, 0.25) is 0 Å². The van der Waals surface area contributed by atoms with Crippen molar-refractivity contribution in [2.75, 3.05) is 6.54 Å². The van der Waals surface area contributed by atoms with Crippen LogP contribution >= 0.6 is 11.6 Å². The summed E-state index contributed by atoms with van der Waals surface area (Å²) in [5, 5.41) is 9.34. The molecule has 0 spiro atoms. The second-order valence-corrected chi connectivity index (χ2v) is 7.86. The van der Waals surface area contributed by atoms with Crippen molar-refractivity contribution in [2.45, 2.75) is 38.6 Å². The molecule has 1 amide bonds. The molecular weight excluding hydrogens is 358 g/mol. The van der Waals surface area contributed by atoms with Crippen LogP contribution in [0.25, 0.3) is 10.9 Å². The molecule has 0 atom stereocenters. The first-order valence-corrected chi connectivity index (χ1v) is 10.0. The van der Waals surface area contributed by atoms with Gasteiger partial charge in [-0.15, -0.1) is 0 Å². The first-order chi connectivity index (χ1) is 13.2. The third kappa shape index (κ3) is 4.33. The summed E-state index contributed by atoms with van der Waals surface area (Å²) in [6, 6.07) is 13.5. The average molecular weight is 382 g/mol. The Labute approximate surface area is 164 Å². The Morgan fingerprint density at radius 3 is 2.81 bits per heavy atom. The van der Waals surface area contributed by atoms with Crippen molar-refractivity contribution in [3.8, 4) is 0 Å². The fourth-order valence-corrected chi connectivity index (χ4v) is 4.09. The van der Waals surface area contributed by atoms with Gasteiger partial charge < -0.3 is 5.32 Å². The SMILES string of the molecule is O=C(NCC1CCCCC1)c1ccc2cnn(Cc3cccc(Cl)c3)c2c1. The summed E-state index contributed by atoms with van der Waals surface area (Å²) in [5.74, 6) is 0.623. The quantitative estimate of drug-likeness (QED) is 0.672. The van der Waals surface area contributed by atoms with Crippen LogP contribution in [0.15, 0.2) is 48.7 Å². The predicted octanol–water partition coefficient (Wildman–Crippen LogP) is 5.05. The fourth-order valence-electron chi connectivity index (χ4n) is 3.88. The molecule has 1 N–H and O–H groups in total. The number of hydrogen-bond donors (Lipinski definition) is 1. The van der Waals surface area contributed by atoms with Gasteiger partial charge in [-0.2, -0.15) is 5.10 Å². The van der Waals surface area contributed by atoms with Crippen LogP contribution in [-0.4, -0.2) is 22.2 Å². The normalized spacial score (nSPS) is 15.1. The summed E-state index contributed by atoms with van der Waals surface area (Å²) in [6.45, 7) is 1.40. The zero-order valence-electron chi connectivity index (χ0n) is 15.3. The monoisotopic (exact) mass is 381 g/mol. The van der Waals surface area contributed by atoms with E-state index in [0.717, 1.165) is 23.0 Å². The first kappa shape index (κ1) is 18.1. The highest BCUT2D eigenvalue weighted by Gasteiger charge is 2.15. The summed E-state index contributed by atoms with van der Waals surface area (Å²) in [5.41, 5.74) is 2.73. The summed E-state index contributed by atoms with van der Waals surface area (Å²) >= 11 is 6.09. The molecule has 0 bridgehead atoms. The van der Waals surface area contributed by atoms with Gasteiger partial charge in [0.1, 0.15) is 0 Å². The van der Waals surface area contributed by atoms with E-state index in [1.807, 2.05) is 53.3 Å². The van der Waals surface area contributed by atoms with Gasteiger partial charge in [0.25, 0.3) is 5.91 Å². The molecule has 3 aromatic rings. The Bertz CT molecular complexity index is 944. The third-order valence-corrected chi connectivity index (χ3v) is 5.64. The number of amides is 1. The van der Waals surface area contributed by atoms with Crippen LogP contribution in [0.5, 0.6) is 0 Å². The van der Waals surface area contributed by atoms with Crippen LogP contribution in [-0.2, 0) is 6.54 Å². The number of hydrogen-bond acceptors (Lipinski definition) is 2. The Kier molecular flexibility index (Phi) is 5.44. The van der Waals surface area contributed by atoms with Gasteiger partial charge in [-0.1, -0.05) is 49.1 Å². The third-order valence-electron chi connectivity index (χ3n) is 5.40. The number of carbonyl (C=O) groups is 1. The second-order valence-electron chi connectivity index (χ2n) is 7.42. The van der Waals surface area contributed by atoms with Crippen molar-refractivity contribution in [3.63, 3.8) is 0 Å². The molecule has 1 saturated carbocycles. The van der Waals surface area contributed by atoms with Gasteiger partial charge in [0, 0.05) is 22.5 Å². The summed E-state index contributed by atoms with van der Waals surface area (Å²) in [6.07, 6.45) is 8.20. The van der Waals surface area contributed by atoms with Gasteiger partial charge in [-0.05, 0) is 48.6 Å². The Balaban J connectivity index is 1.49. The summed E-state index contributed by atoms with van der Waals surface area (Å²) in [7, 11) is 0. The molecular formula is C22H24ClN3O. The van der Waals surface area contributed by atoms with E-state index in [4.69, 9.17) is 11.6 Å². The molecule has 4 nitrogen and oxygen atoms in total. The first-order valence-electron chi connectivity index (χ1n) is 9.67. The highest BCUT2D eigenvalue weighted by molar-refractivity contribution is 6.30. The van der Waals surface area contributed by atoms with E-state index in [1.165, 1.54) is 32.1 Å². The number of rotatable bonds is 5. The minimum atomic E-state index is -0.00187. The van der Waals surface area contributed by atoms with Gasteiger partial charge in [-0.25, -0.2) is 0 Å². The molecule has 1 aliphatic rings. The van der Waals surface area contributed by atoms with E-state index in [2.05, 4.69) is 10.4 Å². The molecule has 5 heteroatoms. The Morgan fingerprint density at radius 1 is 1.15 bits per heavy atom. The number of nitrogens with zero attached hydrogens (tertiary/aromatic N) is 2. The number of halogens is 1. The molecule has 0 unspecified atom stereocenters. The predicted molar refractivity (Wildman–Crippen MR) is 109 cm³/mol. The van der Waals surface area contributed by atoms with E-state index >= 15 is 0 Å². The molecule has 1 aromatic heterocycles. The van der Waals surface area contributed by atoms with E-state index in [0.29, 0.717) is 23.0 Å². The molecule has 1 aliphatic carbocycles. The maximum absolute atomic E-state index is 12.6. The largest absolute Gasteiger partial charge is 0.352 e. The van der Waals surface area contributed by atoms with Crippen molar-refractivity contribution in [1.29, 1.82) is 0 Å². The number of benzene rings is 2. The van der Waals surface area contributed by atoms with Gasteiger partial charge >= 0.3 is 0 Å². The van der Waals surface area contributed by atoms with E-state index < -0.39 is 0 Å². The topological polar surface area (TPSA) is 46.9 Å². The molecule has 0 saturated heterocycles. The number of fused-ring (bicyclic) bond motifs is 1. The van der Waals surface area contributed by atoms with E-state index in [-0.39, 0.29) is 5.91 Å². The highest BCUT2D eigenvalue weighted by Crippen LogP contribution is 2.23. The van der Waals surface area contributed by atoms with Crippen LogP contribution in [0.3, 0.4) is 0 Å². The zero-order valence-corrected chi connectivity index (χ0v) is 16.1. The maximum atomic E-state index is 12.6. The van der Waals surface area contributed by atoms with Crippen LogP contribution < -0.4 is 5.32 Å². The maximum Gasteiger partial charge on any atom is 0.251 e. The molecule has 0 radical (unpaired) electrons. The van der Waals surface area contributed by atoms with E-state index in [1.54, 1.807) is 0 Å². The molecule has 27 heavy (non-hydrogen) atoms. The number of nitrogens with one attached hydrogen (secondary N) is 1. The Morgan fingerprint density at radius 2 is 2.00 bits per heavy atom. The van der Waals surface area contributed by atoms with Gasteiger partial charge in [0.05, 0.1) is 18.3 Å². The summed E-state index contributed by atoms with van der Waals surface area (Å²) in [4.78, 5) is 12.6. The lowest BCUT2D eigenvalue weighted by atomic mass is 9.89. The lowest BCUT2D eigenvalue weighted by Gasteiger charge is -2.21. The molecule has 0 aliphatic heterocycles. The smallest absolute Gasteiger partial charge is 0.251 e. The molecule has 1 heterocycles. The minimum absolute atomic E-state index is 0.00187. The van der Waals surface area contributed by atoms with Crippen molar-refractivity contribution < 1.29 is 4.79 Å². The van der Waals surface area contributed by atoms with Crippen LogP contribution in [0, 0.1) is 5.92 Å². The molecule has 2 aromatic carbocycles. The summed E-state index contributed by atoms with van der Waals surface area (Å²) < 4.78 is 1.92. The van der Waals surface area contributed by atoms with Crippen molar-refractivity contribution >= 4 is 28.4 Å². The van der Waals surface area contributed by atoms with Gasteiger partial charge in [0.15, 0.2) is 0 Å². The fraction of sp³-hybridized carbons (Fsp3) is 0.364.